The summed E-state index contributed by atoms with van der Waals surface area (Å²) in [6, 6.07) is 22.7. The van der Waals surface area contributed by atoms with Gasteiger partial charge in [-0.3, -0.25) is 19.5 Å². The molecule has 1 heterocycles. The van der Waals surface area contributed by atoms with E-state index in [0.29, 0.717) is 39.1 Å². The van der Waals surface area contributed by atoms with E-state index in [2.05, 4.69) is 15.6 Å². The third-order valence-electron chi connectivity index (χ3n) is 7.08. The Balaban J connectivity index is 1.48. The summed E-state index contributed by atoms with van der Waals surface area (Å²) in [7, 11) is -4.40. The van der Waals surface area contributed by atoms with Gasteiger partial charge in [0.1, 0.15) is 0 Å². The SMILES string of the molecule is CCC(CC)(c1ccc(NC(=O)CCc2sc(NC(=O)c3ccccc3)nc2-c2ccc(Cl)cc2)cc1)P(=O)(O)O. The number of nitrogens with zero attached hydrogens (tertiary/aromatic N) is 1. The van der Waals surface area contributed by atoms with E-state index in [1.54, 1.807) is 74.5 Å². The lowest BCUT2D eigenvalue weighted by Gasteiger charge is -2.33. The van der Waals surface area contributed by atoms with Crippen LogP contribution in [0.3, 0.4) is 0 Å². The van der Waals surface area contributed by atoms with Crippen LogP contribution in [0.25, 0.3) is 11.3 Å². The first kappa shape index (κ1) is 30.6. The molecular weight excluding hydrogens is 581 g/mol. The summed E-state index contributed by atoms with van der Waals surface area (Å²) in [4.78, 5) is 51.1. The van der Waals surface area contributed by atoms with Gasteiger partial charge in [-0.05, 0) is 61.2 Å². The van der Waals surface area contributed by atoms with Crippen LogP contribution < -0.4 is 10.6 Å². The maximum absolute atomic E-state index is 12.9. The molecule has 0 aliphatic rings. The third-order valence-corrected chi connectivity index (χ3v) is 10.4. The molecule has 0 fully saturated rings. The van der Waals surface area contributed by atoms with E-state index >= 15 is 0 Å². The molecule has 4 rings (SSSR count). The van der Waals surface area contributed by atoms with Crippen molar-refractivity contribution < 1.29 is 23.9 Å². The van der Waals surface area contributed by atoms with Crippen molar-refractivity contribution in [2.75, 3.05) is 10.6 Å². The average molecular weight is 612 g/mol. The van der Waals surface area contributed by atoms with Gasteiger partial charge in [-0.2, -0.15) is 0 Å². The molecule has 3 aromatic carbocycles. The summed E-state index contributed by atoms with van der Waals surface area (Å²) in [6.07, 6.45) is 1.12. The van der Waals surface area contributed by atoms with Gasteiger partial charge in [-0.15, -0.1) is 11.3 Å². The molecule has 0 radical (unpaired) electrons. The van der Waals surface area contributed by atoms with Crippen molar-refractivity contribution in [3.8, 4) is 11.3 Å². The number of carbonyl (C=O) groups is 2. The summed E-state index contributed by atoms with van der Waals surface area (Å²) < 4.78 is 12.3. The summed E-state index contributed by atoms with van der Waals surface area (Å²) >= 11 is 7.38. The van der Waals surface area contributed by atoms with E-state index in [-0.39, 0.29) is 31.1 Å². The summed E-state index contributed by atoms with van der Waals surface area (Å²) in [6.45, 7) is 3.52. The number of thiazole rings is 1. The predicted molar refractivity (Wildman–Crippen MR) is 165 cm³/mol. The van der Waals surface area contributed by atoms with Crippen molar-refractivity contribution in [3.63, 3.8) is 0 Å². The molecule has 4 N–H and O–H groups in total. The Morgan fingerprint density at radius 2 is 1.56 bits per heavy atom. The fourth-order valence-electron chi connectivity index (χ4n) is 4.72. The van der Waals surface area contributed by atoms with Gasteiger partial charge in [0, 0.05) is 33.1 Å². The first-order valence-electron chi connectivity index (χ1n) is 13.1. The second kappa shape index (κ2) is 13.1. The number of amides is 2. The van der Waals surface area contributed by atoms with Crippen LogP contribution in [0.15, 0.2) is 78.9 Å². The first-order chi connectivity index (χ1) is 19.6. The number of aryl methyl sites for hydroxylation is 1. The monoisotopic (exact) mass is 611 g/mol. The lowest BCUT2D eigenvalue weighted by atomic mass is 9.92. The number of rotatable bonds is 11. The number of benzene rings is 3. The zero-order valence-electron chi connectivity index (χ0n) is 22.6. The molecule has 0 spiro atoms. The molecule has 0 aliphatic carbocycles. The van der Waals surface area contributed by atoms with Gasteiger partial charge in [-0.1, -0.05) is 67.9 Å². The zero-order valence-corrected chi connectivity index (χ0v) is 25.1. The second-order valence-corrected chi connectivity index (χ2v) is 13.0. The van der Waals surface area contributed by atoms with Crippen molar-refractivity contribution in [3.05, 3.63) is 99.9 Å². The van der Waals surface area contributed by atoms with Gasteiger partial charge in [0.05, 0.1) is 10.9 Å². The molecular formula is C30H31ClN3O5PS. The highest BCUT2D eigenvalue weighted by molar-refractivity contribution is 7.53. The van der Waals surface area contributed by atoms with E-state index in [9.17, 15) is 23.9 Å². The minimum atomic E-state index is -4.40. The van der Waals surface area contributed by atoms with Crippen LogP contribution in [0.5, 0.6) is 0 Å². The largest absolute Gasteiger partial charge is 0.335 e. The number of hydrogen-bond donors (Lipinski definition) is 4. The number of aromatic nitrogens is 1. The number of carbonyl (C=O) groups excluding carboxylic acids is 2. The van der Waals surface area contributed by atoms with Crippen LogP contribution in [0.1, 0.15) is 53.9 Å². The number of hydrogen-bond acceptors (Lipinski definition) is 5. The highest BCUT2D eigenvalue weighted by atomic mass is 35.5. The van der Waals surface area contributed by atoms with Crippen molar-refractivity contribution in [2.45, 2.75) is 44.7 Å². The smallest absolute Gasteiger partial charge is 0.326 e. The van der Waals surface area contributed by atoms with Crippen molar-refractivity contribution in [2.24, 2.45) is 0 Å². The van der Waals surface area contributed by atoms with Crippen LogP contribution in [0, 0.1) is 0 Å². The molecule has 4 aromatic rings. The number of halogens is 1. The van der Waals surface area contributed by atoms with E-state index in [1.165, 1.54) is 11.3 Å². The van der Waals surface area contributed by atoms with Crippen LogP contribution in [-0.4, -0.2) is 26.6 Å². The fraction of sp³-hybridized carbons (Fsp3) is 0.233. The predicted octanol–water partition coefficient (Wildman–Crippen LogP) is 7.48. The molecule has 0 aliphatic heterocycles. The maximum atomic E-state index is 12.9. The summed E-state index contributed by atoms with van der Waals surface area (Å²) in [5, 5.41) is 5.47. The molecule has 0 saturated heterocycles. The van der Waals surface area contributed by atoms with Gasteiger partial charge in [0.25, 0.3) is 5.91 Å². The first-order valence-corrected chi connectivity index (χ1v) is 15.9. The van der Waals surface area contributed by atoms with Crippen molar-refractivity contribution >= 4 is 53.2 Å². The van der Waals surface area contributed by atoms with E-state index in [0.717, 1.165) is 10.4 Å². The topological polar surface area (TPSA) is 129 Å². The molecule has 1 aromatic heterocycles. The Bertz CT molecular complexity index is 1550. The van der Waals surface area contributed by atoms with Gasteiger partial charge in [0.2, 0.25) is 5.91 Å². The Kier molecular flexibility index (Phi) is 9.79. The molecule has 41 heavy (non-hydrogen) atoms. The van der Waals surface area contributed by atoms with Gasteiger partial charge in [0.15, 0.2) is 5.13 Å². The molecule has 2 amide bonds. The summed E-state index contributed by atoms with van der Waals surface area (Å²) in [5.41, 5.74) is 3.07. The summed E-state index contributed by atoms with van der Waals surface area (Å²) in [5.74, 6) is -0.501. The lowest BCUT2D eigenvalue weighted by Crippen LogP contribution is -2.24. The molecule has 8 nitrogen and oxygen atoms in total. The average Bonchev–Trinajstić information content (AvgIpc) is 3.36. The lowest BCUT2D eigenvalue weighted by molar-refractivity contribution is -0.116. The Hall–Kier alpha value is -3.33. The quantitative estimate of drug-likeness (QED) is 0.130. The Morgan fingerprint density at radius 1 is 0.927 bits per heavy atom. The van der Waals surface area contributed by atoms with E-state index < -0.39 is 12.8 Å². The van der Waals surface area contributed by atoms with E-state index in [4.69, 9.17) is 11.6 Å². The minimum Gasteiger partial charge on any atom is -0.326 e. The van der Waals surface area contributed by atoms with Gasteiger partial charge in [-0.25, -0.2) is 4.98 Å². The molecule has 0 atom stereocenters. The highest BCUT2D eigenvalue weighted by Gasteiger charge is 2.45. The standard InChI is InChI=1S/C30H31ClN3O5PS/c1-3-30(4-2,40(37,38)39)22-12-16-24(17-13-22)32-26(35)19-18-25-27(20-10-14-23(31)15-11-20)33-29(41-25)34-28(36)21-8-6-5-7-9-21/h5-17H,3-4,18-19H2,1-2H3,(H,32,35)(H,33,34,36)(H2,37,38,39). The van der Waals surface area contributed by atoms with Crippen molar-refractivity contribution in [1.29, 1.82) is 0 Å². The Morgan fingerprint density at radius 3 is 2.15 bits per heavy atom. The van der Waals surface area contributed by atoms with Crippen LogP contribution in [0.4, 0.5) is 10.8 Å². The number of nitrogens with one attached hydrogen (secondary N) is 2. The van der Waals surface area contributed by atoms with E-state index in [1.807, 2.05) is 18.2 Å². The van der Waals surface area contributed by atoms with Crippen LogP contribution >= 0.6 is 30.5 Å². The molecule has 0 bridgehead atoms. The van der Waals surface area contributed by atoms with Crippen LogP contribution in [0.2, 0.25) is 5.02 Å². The fourth-order valence-corrected chi connectivity index (χ4v) is 7.13. The highest BCUT2D eigenvalue weighted by Crippen LogP contribution is 2.60. The minimum absolute atomic E-state index is 0.160. The van der Waals surface area contributed by atoms with Crippen LogP contribution in [-0.2, 0) is 20.9 Å². The molecule has 0 unspecified atom stereocenters. The molecule has 11 heteroatoms. The zero-order chi connectivity index (χ0) is 29.6. The molecule has 0 saturated carbocycles. The third kappa shape index (κ3) is 7.12. The normalized spacial score (nSPS) is 11.7. The van der Waals surface area contributed by atoms with Gasteiger partial charge >= 0.3 is 7.60 Å². The second-order valence-electron chi connectivity index (χ2n) is 9.53. The maximum Gasteiger partial charge on any atom is 0.335 e. The van der Waals surface area contributed by atoms with Gasteiger partial charge < -0.3 is 15.1 Å². The number of anilines is 2. The van der Waals surface area contributed by atoms with Crippen molar-refractivity contribution in [1.82, 2.24) is 4.98 Å². The Labute approximate surface area is 248 Å². The molecule has 214 valence electrons.